The summed E-state index contributed by atoms with van der Waals surface area (Å²) in [5.41, 5.74) is 0. The highest BCUT2D eigenvalue weighted by atomic mass is 127. The van der Waals surface area contributed by atoms with Crippen LogP contribution in [0.4, 0.5) is 4.39 Å². The minimum Gasteiger partial charge on any atom is -0.304 e. The van der Waals surface area contributed by atoms with Crippen LogP contribution in [0.5, 0.6) is 0 Å². The van der Waals surface area contributed by atoms with E-state index in [9.17, 15) is 9.18 Å². The summed E-state index contributed by atoms with van der Waals surface area (Å²) in [7, 11) is 0. The Morgan fingerprint density at radius 2 is 2.25 bits per heavy atom. The van der Waals surface area contributed by atoms with E-state index in [4.69, 9.17) is 0 Å². The molecule has 0 aromatic heterocycles. The minimum atomic E-state index is -0.756. The van der Waals surface area contributed by atoms with Crippen LogP contribution in [0.2, 0.25) is 0 Å². The molecule has 0 amide bonds. The van der Waals surface area contributed by atoms with Gasteiger partial charge in [-0.2, -0.15) is 0 Å². The lowest BCUT2D eigenvalue weighted by molar-refractivity contribution is -0.115. The molecule has 68 valence electrons. The topological polar surface area (TPSA) is 29.1 Å². The third-order valence-corrected chi connectivity index (χ3v) is 3.58. The maximum atomic E-state index is 13.3. The Labute approximate surface area is 84.4 Å². The molecule has 4 atom stereocenters. The van der Waals surface area contributed by atoms with Crippen LogP contribution in [0.15, 0.2) is 0 Å². The van der Waals surface area contributed by atoms with Gasteiger partial charge in [0.2, 0.25) is 3.79 Å². The molecule has 1 N–H and O–H groups in total. The van der Waals surface area contributed by atoms with E-state index >= 15 is 0 Å². The van der Waals surface area contributed by atoms with E-state index in [1.54, 1.807) is 22.6 Å². The Morgan fingerprint density at radius 1 is 1.50 bits per heavy atom. The number of carbonyl (C=O) groups is 1. The third kappa shape index (κ3) is 1.39. The Kier molecular flexibility index (Phi) is 2.37. The van der Waals surface area contributed by atoms with Gasteiger partial charge in [0, 0.05) is 34.6 Å². The van der Waals surface area contributed by atoms with Crippen LogP contribution in [0.3, 0.4) is 0 Å². The summed E-state index contributed by atoms with van der Waals surface area (Å²) in [5.74, 6) is -0.0561. The summed E-state index contributed by atoms with van der Waals surface area (Å²) >= 11 is 1.76. The number of hydrogen-bond acceptors (Lipinski definition) is 2. The predicted molar refractivity (Wildman–Crippen MR) is 52.0 cm³/mol. The van der Waals surface area contributed by atoms with Crippen molar-refractivity contribution in [2.24, 2.45) is 5.92 Å². The zero-order chi connectivity index (χ0) is 8.72. The quantitative estimate of drug-likeness (QED) is 0.582. The molecule has 2 aliphatic heterocycles. The summed E-state index contributed by atoms with van der Waals surface area (Å²) in [4.78, 5) is 11.1. The first kappa shape index (κ1) is 8.87. The van der Waals surface area contributed by atoms with E-state index in [1.165, 1.54) is 0 Å². The highest BCUT2D eigenvalue weighted by molar-refractivity contribution is 14.1. The Bertz CT molecular complexity index is 211. The van der Waals surface area contributed by atoms with Crippen LogP contribution in [0.1, 0.15) is 19.3 Å². The highest BCUT2D eigenvalue weighted by Crippen LogP contribution is 2.36. The van der Waals surface area contributed by atoms with Crippen molar-refractivity contribution in [3.8, 4) is 0 Å². The number of piperidine rings is 2. The highest BCUT2D eigenvalue weighted by Gasteiger charge is 2.44. The van der Waals surface area contributed by atoms with Crippen molar-refractivity contribution >= 4 is 26.4 Å². The normalized spacial score (nSPS) is 46.2. The molecule has 2 nitrogen and oxygen atoms in total. The molecular formula is C8H11FINO. The van der Waals surface area contributed by atoms with E-state index in [0.717, 1.165) is 12.8 Å². The summed E-state index contributed by atoms with van der Waals surface area (Å²) < 4.78 is 13.4. The number of hydrogen-bond donors (Lipinski definition) is 1. The van der Waals surface area contributed by atoms with Gasteiger partial charge in [-0.05, 0) is 19.3 Å². The Hall–Kier alpha value is 0.290. The number of fused-ring (bicyclic) bond motifs is 3. The van der Waals surface area contributed by atoms with Crippen molar-refractivity contribution in [1.82, 2.24) is 5.32 Å². The van der Waals surface area contributed by atoms with Crippen LogP contribution in [-0.2, 0) is 4.79 Å². The molecule has 4 heteroatoms. The lowest BCUT2D eigenvalue weighted by Gasteiger charge is -2.44. The summed E-state index contributed by atoms with van der Waals surface area (Å²) in [6.45, 7) is 0. The van der Waals surface area contributed by atoms with Gasteiger partial charge >= 0.3 is 0 Å². The molecule has 1 saturated carbocycles. The predicted octanol–water partition coefficient (Wildman–Crippen LogP) is 1.43. The molecule has 3 rings (SSSR count). The summed E-state index contributed by atoms with van der Waals surface area (Å²) in [6, 6.07) is 0.0295. The van der Waals surface area contributed by atoms with Crippen molar-refractivity contribution in [1.29, 1.82) is 0 Å². The molecule has 12 heavy (non-hydrogen) atoms. The fraction of sp³-hybridized carbons (Fsp3) is 0.875. The molecule has 0 spiro atoms. The second-order valence-corrected chi connectivity index (χ2v) is 4.70. The molecule has 2 bridgehead atoms. The van der Waals surface area contributed by atoms with Crippen molar-refractivity contribution in [3.05, 3.63) is 0 Å². The van der Waals surface area contributed by atoms with Crippen LogP contribution >= 0.6 is 22.6 Å². The first-order valence-corrected chi connectivity index (χ1v) is 5.36. The standard InChI is InChI=1S/C8H11FINO/c9-6-3-4-1-2-5(6)7(11-4)8(10)12/h4-7,11H,1-3H2/t4-,5+,6-,7-/m0/s1. The van der Waals surface area contributed by atoms with Gasteiger partial charge in [0.05, 0.1) is 6.04 Å². The van der Waals surface area contributed by atoms with Crippen molar-refractivity contribution in [2.45, 2.75) is 37.5 Å². The molecule has 2 heterocycles. The van der Waals surface area contributed by atoms with Gasteiger partial charge < -0.3 is 5.32 Å². The van der Waals surface area contributed by atoms with Gasteiger partial charge in [-0.25, -0.2) is 4.39 Å². The SMILES string of the molecule is O=C(I)[C@H]1N[C@H]2CC[C@@H]1[C@@H](F)C2. The first-order chi connectivity index (χ1) is 5.68. The molecule has 0 unspecified atom stereocenters. The molecule has 0 radical (unpaired) electrons. The zero-order valence-electron chi connectivity index (χ0n) is 6.59. The molecule has 0 aromatic carbocycles. The number of rotatable bonds is 1. The zero-order valence-corrected chi connectivity index (χ0v) is 8.75. The van der Waals surface area contributed by atoms with Crippen LogP contribution in [0, 0.1) is 5.92 Å². The molecule has 3 fully saturated rings. The van der Waals surface area contributed by atoms with Crippen LogP contribution in [0.25, 0.3) is 0 Å². The van der Waals surface area contributed by atoms with Gasteiger partial charge in [-0.15, -0.1) is 0 Å². The number of alkyl halides is 1. The lowest BCUT2D eigenvalue weighted by atomic mass is 9.75. The maximum absolute atomic E-state index is 13.3. The Balaban J connectivity index is 2.14. The summed E-state index contributed by atoms with van der Waals surface area (Å²) in [6.07, 6.45) is 1.75. The fourth-order valence-corrected chi connectivity index (χ4v) is 2.92. The largest absolute Gasteiger partial charge is 0.304 e. The van der Waals surface area contributed by atoms with E-state index in [-0.39, 0.29) is 21.8 Å². The van der Waals surface area contributed by atoms with Crippen molar-refractivity contribution < 1.29 is 9.18 Å². The molecular weight excluding hydrogens is 272 g/mol. The fourth-order valence-electron chi connectivity index (χ4n) is 2.28. The number of carbonyl (C=O) groups excluding carboxylic acids is 1. The average molecular weight is 283 g/mol. The Morgan fingerprint density at radius 3 is 2.67 bits per heavy atom. The van der Waals surface area contributed by atoms with Gasteiger partial charge in [-0.3, -0.25) is 4.79 Å². The first-order valence-electron chi connectivity index (χ1n) is 4.28. The molecule has 2 saturated heterocycles. The van der Waals surface area contributed by atoms with E-state index < -0.39 is 6.17 Å². The van der Waals surface area contributed by atoms with E-state index in [0.29, 0.717) is 6.42 Å². The van der Waals surface area contributed by atoms with Gasteiger partial charge in [0.15, 0.2) is 0 Å². The smallest absolute Gasteiger partial charge is 0.209 e. The molecule has 0 aromatic rings. The van der Waals surface area contributed by atoms with Crippen LogP contribution in [-0.4, -0.2) is 22.0 Å². The third-order valence-electron chi connectivity index (χ3n) is 2.91. The van der Waals surface area contributed by atoms with Crippen molar-refractivity contribution in [2.75, 3.05) is 0 Å². The van der Waals surface area contributed by atoms with Gasteiger partial charge in [0.1, 0.15) is 6.17 Å². The molecule has 1 aliphatic carbocycles. The minimum absolute atomic E-state index is 0.0561. The monoisotopic (exact) mass is 283 g/mol. The lowest BCUT2D eigenvalue weighted by Crippen LogP contribution is -2.59. The summed E-state index contributed by atoms with van der Waals surface area (Å²) in [5, 5.41) is 3.19. The maximum Gasteiger partial charge on any atom is 0.209 e. The van der Waals surface area contributed by atoms with E-state index in [1.807, 2.05) is 0 Å². The van der Waals surface area contributed by atoms with E-state index in [2.05, 4.69) is 5.32 Å². The van der Waals surface area contributed by atoms with Crippen LogP contribution < -0.4 is 5.32 Å². The van der Waals surface area contributed by atoms with Gasteiger partial charge in [-0.1, -0.05) is 0 Å². The molecule has 3 aliphatic rings. The van der Waals surface area contributed by atoms with Crippen molar-refractivity contribution in [3.63, 3.8) is 0 Å². The number of nitrogens with one attached hydrogen (secondary N) is 1. The number of halogens is 2. The van der Waals surface area contributed by atoms with Gasteiger partial charge in [0.25, 0.3) is 0 Å². The second-order valence-electron chi connectivity index (χ2n) is 3.64. The average Bonchev–Trinajstić information content (AvgIpc) is 2.04. The second kappa shape index (κ2) is 3.21.